The maximum atomic E-state index is 12.8. The van der Waals surface area contributed by atoms with Crippen LogP contribution in [0.2, 0.25) is 5.02 Å². The van der Waals surface area contributed by atoms with Gasteiger partial charge in [-0.1, -0.05) is 41.9 Å². The highest BCUT2D eigenvalue weighted by atomic mass is 35.5. The van der Waals surface area contributed by atoms with Crippen LogP contribution < -0.4 is 15.4 Å². The first kappa shape index (κ1) is 18.1. The quantitative estimate of drug-likeness (QED) is 0.662. The average molecular weight is 397 g/mol. The molecular formula is C20H17ClN4O3. The topological polar surface area (TPSA) is 85.2 Å². The van der Waals surface area contributed by atoms with Crippen molar-refractivity contribution in [2.75, 3.05) is 10.6 Å². The SMILES string of the molecule is CC1(C(=O)Nc2ccn(Cc3ccccc3Cl)n2)Oc2ccccc2NC1=O. The third-order valence-electron chi connectivity index (χ3n) is 4.49. The highest BCUT2D eigenvalue weighted by molar-refractivity contribution is 6.31. The van der Waals surface area contributed by atoms with Gasteiger partial charge < -0.3 is 15.4 Å². The number of aromatic nitrogens is 2. The zero-order chi connectivity index (χ0) is 19.7. The van der Waals surface area contributed by atoms with Gasteiger partial charge in [-0.25, -0.2) is 0 Å². The van der Waals surface area contributed by atoms with Crippen molar-refractivity contribution in [2.24, 2.45) is 0 Å². The van der Waals surface area contributed by atoms with Gasteiger partial charge in [-0.15, -0.1) is 0 Å². The molecule has 0 saturated carbocycles. The molecule has 1 unspecified atom stereocenters. The number of amides is 2. The van der Waals surface area contributed by atoms with Crippen molar-refractivity contribution >= 4 is 34.9 Å². The van der Waals surface area contributed by atoms with Crippen LogP contribution in [0.4, 0.5) is 11.5 Å². The molecular weight excluding hydrogens is 380 g/mol. The van der Waals surface area contributed by atoms with E-state index in [-0.39, 0.29) is 0 Å². The fraction of sp³-hybridized carbons (Fsp3) is 0.150. The van der Waals surface area contributed by atoms with E-state index in [2.05, 4.69) is 15.7 Å². The molecule has 1 atom stereocenters. The number of halogens is 1. The Morgan fingerprint density at radius 2 is 1.96 bits per heavy atom. The van der Waals surface area contributed by atoms with Crippen molar-refractivity contribution in [1.82, 2.24) is 9.78 Å². The van der Waals surface area contributed by atoms with E-state index < -0.39 is 17.4 Å². The molecule has 2 heterocycles. The molecule has 28 heavy (non-hydrogen) atoms. The van der Waals surface area contributed by atoms with E-state index in [0.717, 1.165) is 5.56 Å². The Morgan fingerprint density at radius 1 is 1.21 bits per heavy atom. The van der Waals surface area contributed by atoms with Crippen molar-refractivity contribution in [1.29, 1.82) is 0 Å². The number of hydrogen-bond acceptors (Lipinski definition) is 4. The first-order valence-electron chi connectivity index (χ1n) is 8.63. The number of nitrogens with one attached hydrogen (secondary N) is 2. The third-order valence-corrected chi connectivity index (χ3v) is 4.86. The molecule has 142 valence electrons. The molecule has 3 aromatic rings. The number of anilines is 2. The van der Waals surface area contributed by atoms with Crippen molar-refractivity contribution < 1.29 is 14.3 Å². The molecule has 0 aliphatic carbocycles. The van der Waals surface area contributed by atoms with E-state index in [4.69, 9.17) is 16.3 Å². The summed E-state index contributed by atoms with van der Waals surface area (Å²) in [5.41, 5.74) is -0.272. The van der Waals surface area contributed by atoms with Crippen molar-refractivity contribution in [3.05, 3.63) is 71.4 Å². The lowest BCUT2D eigenvalue weighted by Crippen LogP contribution is -2.56. The van der Waals surface area contributed by atoms with Gasteiger partial charge in [0.1, 0.15) is 5.75 Å². The minimum absolute atomic E-state index is 0.313. The second kappa shape index (κ2) is 7.01. The second-order valence-electron chi connectivity index (χ2n) is 6.53. The summed E-state index contributed by atoms with van der Waals surface area (Å²) in [6.07, 6.45) is 1.72. The number of carbonyl (C=O) groups excluding carboxylic acids is 2. The van der Waals surface area contributed by atoms with Crippen LogP contribution in [0.15, 0.2) is 60.8 Å². The molecule has 0 spiro atoms. The van der Waals surface area contributed by atoms with Gasteiger partial charge in [-0.3, -0.25) is 14.3 Å². The van der Waals surface area contributed by atoms with Crippen LogP contribution in [-0.2, 0) is 16.1 Å². The van der Waals surface area contributed by atoms with Crippen LogP contribution >= 0.6 is 11.6 Å². The number of carbonyl (C=O) groups is 2. The van der Waals surface area contributed by atoms with Crippen molar-refractivity contribution in [3.63, 3.8) is 0 Å². The highest BCUT2D eigenvalue weighted by Crippen LogP contribution is 2.33. The van der Waals surface area contributed by atoms with Gasteiger partial charge >= 0.3 is 0 Å². The van der Waals surface area contributed by atoms with E-state index in [1.54, 1.807) is 47.3 Å². The third kappa shape index (κ3) is 3.32. The number of nitrogens with zero attached hydrogens (tertiary/aromatic N) is 2. The summed E-state index contributed by atoms with van der Waals surface area (Å²) in [6.45, 7) is 1.88. The molecule has 0 saturated heterocycles. The lowest BCUT2D eigenvalue weighted by molar-refractivity contribution is -0.143. The van der Waals surface area contributed by atoms with Gasteiger partial charge in [0.05, 0.1) is 12.2 Å². The summed E-state index contributed by atoms with van der Waals surface area (Å²) < 4.78 is 7.36. The zero-order valence-electron chi connectivity index (χ0n) is 15.0. The van der Waals surface area contributed by atoms with E-state index in [1.165, 1.54) is 6.92 Å². The highest BCUT2D eigenvalue weighted by Gasteiger charge is 2.47. The molecule has 1 aliphatic heterocycles. The Morgan fingerprint density at radius 3 is 2.79 bits per heavy atom. The fourth-order valence-electron chi connectivity index (χ4n) is 2.87. The number of para-hydroxylation sites is 2. The lowest BCUT2D eigenvalue weighted by atomic mass is 10.0. The molecule has 0 fully saturated rings. The average Bonchev–Trinajstić information content (AvgIpc) is 3.11. The number of ether oxygens (including phenoxy) is 1. The maximum absolute atomic E-state index is 12.8. The van der Waals surface area contributed by atoms with Gasteiger partial charge in [0.15, 0.2) is 5.82 Å². The Bertz CT molecular complexity index is 1060. The van der Waals surface area contributed by atoms with Crippen LogP contribution in [-0.4, -0.2) is 27.2 Å². The van der Waals surface area contributed by atoms with Gasteiger partial charge in [0.25, 0.3) is 17.4 Å². The van der Waals surface area contributed by atoms with Crippen molar-refractivity contribution in [3.8, 4) is 5.75 Å². The van der Waals surface area contributed by atoms with E-state index >= 15 is 0 Å². The molecule has 1 aliphatic rings. The monoisotopic (exact) mass is 396 g/mol. The summed E-state index contributed by atoms with van der Waals surface area (Å²) in [4.78, 5) is 25.2. The van der Waals surface area contributed by atoms with Gasteiger partial charge in [-0.2, -0.15) is 5.10 Å². The van der Waals surface area contributed by atoms with Crippen LogP contribution in [0.1, 0.15) is 12.5 Å². The van der Waals surface area contributed by atoms with Crippen molar-refractivity contribution in [2.45, 2.75) is 19.1 Å². The number of hydrogen-bond donors (Lipinski definition) is 2. The standard InChI is InChI=1S/C20H17ClN4O3/c1-20(18(26)22-15-8-4-5-9-16(15)28-20)19(27)23-17-10-11-25(24-17)12-13-6-2-3-7-14(13)21/h2-11H,12H2,1H3,(H,22,26)(H,23,24,27). The van der Waals surface area contributed by atoms with Crippen LogP contribution in [0, 0.1) is 0 Å². The van der Waals surface area contributed by atoms with E-state index in [9.17, 15) is 9.59 Å². The van der Waals surface area contributed by atoms with Gasteiger partial charge in [0, 0.05) is 17.3 Å². The Kier molecular flexibility index (Phi) is 4.52. The smallest absolute Gasteiger partial charge is 0.279 e. The molecule has 2 N–H and O–H groups in total. The minimum Gasteiger partial charge on any atom is -0.466 e. The summed E-state index contributed by atoms with van der Waals surface area (Å²) in [5, 5.41) is 10.3. The Balaban J connectivity index is 1.49. The van der Waals surface area contributed by atoms with Gasteiger partial charge in [-0.05, 0) is 30.7 Å². The molecule has 4 rings (SSSR count). The summed E-state index contributed by atoms with van der Waals surface area (Å²) in [6, 6.07) is 16.1. The molecule has 0 radical (unpaired) electrons. The summed E-state index contributed by atoms with van der Waals surface area (Å²) in [5.74, 6) is -0.403. The minimum atomic E-state index is -1.71. The fourth-order valence-corrected chi connectivity index (χ4v) is 3.06. The summed E-state index contributed by atoms with van der Waals surface area (Å²) >= 11 is 6.17. The largest absolute Gasteiger partial charge is 0.466 e. The number of rotatable bonds is 4. The Hall–Kier alpha value is -3.32. The number of fused-ring (bicyclic) bond motifs is 1. The molecule has 1 aromatic heterocycles. The zero-order valence-corrected chi connectivity index (χ0v) is 15.7. The molecule has 2 amide bonds. The Labute approximate surface area is 166 Å². The van der Waals surface area contributed by atoms with E-state index in [0.29, 0.717) is 28.8 Å². The predicted octanol–water partition coefficient (Wildman–Crippen LogP) is 3.31. The first-order chi connectivity index (χ1) is 13.5. The van der Waals surface area contributed by atoms with Crippen LogP contribution in [0.25, 0.3) is 0 Å². The maximum Gasteiger partial charge on any atom is 0.279 e. The normalized spacial score (nSPS) is 18.0. The molecule has 7 nitrogen and oxygen atoms in total. The predicted molar refractivity (Wildman–Crippen MR) is 106 cm³/mol. The molecule has 2 aromatic carbocycles. The molecule has 0 bridgehead atoms. The summed E-state index contributed by atoms with van der Waals surface area (Å²) in [7, 11) is 0. The first-order valence-corrected chi connectivity index (χ1v) is 9.01. The van der Waals surface area contributed by atoms with Crippen LogP contribution in [0.5, 0.6) is 5.75 Å². The van der Waals surface area contributed by atoms with E-state index in [1.807, 2.05) is 18.2 Å². The number of benzene rings is 2. The van der Waals surface area contributed by atoms with Gasteiger partial charge in [0.2, 0.25) is 0 Å². The second-order valence-corrected chi connectivity index (χ2v) is 6.94. The lowest BCUT2D eigenvalue weighted by Gasteiger charge is -2.32. The van der Waals surface area contributed by atoms with Crippen LogP contribution in [0.3, 0.4) is 0 Å². The molecule has 8 heteroatoms.